The normalized spacial score (nSPS) is 26.4. The van der Waals surface area contributed by atoms with Gasteiger partial charge in [0.1, 0.15) is 0 Å². The molecule has 0 radical (unpaired) electrons. The van der Waals surface area contributed by atoms with Crippen LogP contribution in [0.5, 0.6) is 0 Å². The zero-order chi connectivity index (χ0) is 14.2. The Hall–Kier alpha value is -0.870. The standard InChI is InChI=1S/C8H13F3N2O4S/c1-2-12-18(16,17)13-4-3-7(5-13,6(14)15)8(9,10)11/h12H,2-5H2,1H3,(H,14,15). The van der Waals surface area contributed by atoms with E-state index >= 15 is 0 Å². The Bertz CT molecular complexity index is 436. The number of carboxylic acids is 1. The number of alkyl halides is 3. The lowest BCUT2D eigenvalue weighted by Crippen LogP contribution is -2.49. The molecule has 6 nitrogen and oxygen atoms in total. The highest BCUT2D eigenvalue weighted by molar-refractivity contribution is 7.87. The minimum absolute atomic E-state index is 0.0188. The first-order valence-electron chi connectivity index (χ1n) is 5.11. The van der Waals surface area contributed by atoms with Gasteiger partial charge in [0.15, 0.2) is 5.41 Å². The molecule has 10 heteroatoms. The third-order valence-corrected chi connectivity index (χ3v) is 4.50. The summed E-state index contributed by atoms with van der Waals surface area (Å²) in [4.78, 5) is 10.8. The second-order valence-electron chi connectivity index (χ2n) is 3.97. The van der Waals surface area contributed by atoms with Crippen molar-refractivity contribution in [1.82, 2.24) is 9.03 Å². The van der Waals surface area contributed by atoms with E-state index < -0.39 is 47.3 Å². The van der Waals surface area contributed by atoms with Crippen molar-refractivity contribution in [2.45, 2.75) is 19.5 Å². The third-order valence-electron chi connectivity index (χ3n) is 2.85. The van der Waals surface area contributed by atoms with E-state index in [0.29, 0.717) is 4.31 Å². The summed E-state index contributed by atoms with van der Waals surface area (Å²) in [6.07, 6.45) is -5.77. The number of aliphatic carboxylic acids is 1. The summed E-state index contributed by atoms with van der Waals surface area (Å²) in [5.74, 6) is -2.05. The number of nitrogens with one attached hydrogen (secondary N) is 1. The average Bonchev–Trinajstić information content (AvgIpc) is 2.62. The summed E-state index contributed by atoms with van der Waals surface area (Å²) in [6.45, 7) is -0.0743. The van der Waals surface area contributed by atoms with Gasteiger partial charge in [0, 0.05) is 19.6 Å². The fraction of sp³-hybridized carbons (Fsp3) is 0.875. The molecule has 1 heterocycles. The maximum absolute atomic E-state index is 12.8. The van der Waals surface area contributed by atoms with Crippen molar-refractivity contribution in [3.05, 3.63) is 0 Å². The molecule has 0 amide bonds. The SMILES string of the molecule is CCNS(=O)(=O)N1CCC(C(=O)O)(C(F)(F)F)C1. The van der Waals surface area contributed by atoms with Crippen LogP contribution in [0.2, 0.25) is 0 Å². The molecule has 1 unspecified atom stereocenters. The number of hydrogen-bond acceptors (Lipinski definition) is 3. The predicted octanol–water partition coefficient (Wildman–Crippen LogP) is 0.180. The number of rotatable bonds is 4. The molecule has 18 heavy (non-hydrogen) atoms. The van der Waals surface area contributed by atoms with E-state index in [1.165, 1.54) is 6.92 Å². The number of nitrogens with zero attached hydrogens (tertiary/aromatic N) is 1. The van der Waals surface area contributed by atoms with Gasteiger partial charge < -0.3 is 5.11 Å². The van der Waals surface area contributed by atoms with Gasteiger partial charge in [-0.1, -0.05) is 6.92 Å². The van der Waals surface area contributed by atoms with Crippen LogP contribution in [-0.4, -0.2) is 49.6 Å². The van der Waals surface area contributed by atoms with Crippen LogP contribution in [0.4, 0.5) is 13.2 Å². The lowest BCUT2D eigenvalue weighted by molar-refractivity contribution is -0.226. The predicted molar refractivity (Wildman–Crippen MR) is 54.9 cm³/mol. The highest BCUT2D eigenvalue weighted by Gasteiger charge is 2.64. The first-order chi connectivity index (χ1) is 8.07. The van der Waals surface area contributed by atoms with Crippen LogP contribution in [0.15, 0.2) is 0 Å². The van der Waals surface area contributed by atoms with Crippen molar-refractivity contribution in [2.75, 3.05) is 19.6 Å². The second-order valence-corrected chi connectivity index (χ2v) is 5.73. The lowest BCUT2D eigenvalue weighted by Gasteiger charge is -2.27. The molecule has 1 rings (SSSR count). The van der Waals surface area contributed by atoms with Gasteiger partial charge in [0.05, 0.1) is 0 Å². The largest absolute Gasteiger partial charge is 0.481 e. The quantitative estimate of drug-likeness (QED) is 0.773. The molecule has 0 aromatic rings. The van der Waals surface area contributed by atoms with Crippen molar-refractivity contribution in [1.29, 1.82) is 0 Å². The maximum atomic E-state index is 12.8. The Balaban J connectivity index is 3.03. The molecular formula is C8H13F3N2O4S. The van der Waals surface area contributed by atoms with E-state index in [1.54, 1.807) is 0 Å². The summed E-state index contributed by atoms with van der Waals surface area (Å²) in [6, 6.07) is 0. The highest BCUT2D eigenvalue weighted by atomic mass is 32.2. The average molecular weight is 290 g/mol. The van der Waals surface area contributed by atoms with Gasteiger partial charge in [-0.3, -0.25) is 4.79 Å². The van der Waals surface area contributed by atoms with Gasteiger partial charge in [0.2, 0.25) is 0 Å². The van der Waals surface area contributed by atoms with Gasteiger partial charge in [-0.05, 0) is 6.42 Å². The van der Waals surface area contributed by atoms with Gasteiger partial charge in [-0.15, -0.1) is 0 Å². The first kappa shape index (κ1) is 15.2. The van der Waals surface area contributed by atoms with Crippen LogP contribution < -0.4 is 4.72 Å². The Kier molecular flexibility index (Phi) is 3.94. The fourth-order valence-electron chi connectivity index (χ4n) is 1.78. The number of carbonyl (C=O) groups is 1. The lowest BCUT2D eigenvalue weighted by atomic mass is 9.86. The Morgan fingerprint density at radius 1 is 1.50 bits per heavy atom. The Morgan fingerprint density at radius 3 is 2.39 bits per heavy atom. The minimum Gasteiger partial charge on any atom is -0.481 e. The number of halogens is 3. The van der Waals surface area contributed by atoms with E-state index in [4.69, 9.17) is 5.11 Å². The molecule has 1 fully saturated rings. The van der Waals surface area contributed by atoms with Crippen LogP contribution >= 0.6 is 0 Å². The molecule has 0 aromatic heterocycles. The molecule has 2 N–H and O–H groups in total. The van der Waals surface area contributed by atoms with E-state index in [-0.39, 0.29) is 6.54 Å². The van der Waals surface area contributed by atoms with Crippen molar-refractivity contribution >= 4 is 16.2 Å². The highest BCUT2D eigenvalue weighted by Crippen LogP contribution is 2.46. The topological polar surface area (TPSA) is 86.7 Å². The minimum atomic E-state index is -4.99. The summed E-state index contributed by atoms with van der Waals surface area (Å²) in [5, 5.41) is 8.75. The summed E-state index contributed by atoms with van der Waals surface area (Å²) in [5.41, 5.74) is -3.02. The van der Waals surface area contributed by atoms with Crippen LogP contribution in [-0.2, 0) is 15.0 Å². The first-order valence-corrected chi connectivity index (χ1v) is 6.55. The summed E-state index contributed by atoms with van der Waals surface area (Å²) in [7, 11) is -4.05. The summed E-state index contributed by atoms with van der Waals surface area (Å²) >= 11 is 0. The van der Waals surface area contributed by atoms with Gasteiger partial charge in [0.25, 0.3) is 10.2 Å². The van der Waals surface area contributed by atoms with Crippen LogP contribution in [0, 0.1) is 5.41 Å². The summed E-state index contributed by atoms with van der Waals surface area (Å²) < 4.78 is 64.0. The number of hydrogen-bond donors (Lipinski definition) is 2. The number of carboxylic acid groups (broad SMARTS) is 1. The Labute approximate surface area is 102 Å². The van der Waals surface area contributed by atoms with Crippen molar-refractivity contribution < 1.29 is 31.5 Å². The van der Waals surface area contributed by atoms with Crippen molar-refractivity contribution in [2.24, 2.45) is 5.41 Å². The van der Waals surface area contributed by atoms with E-state index in [9.17, 15) is 26.4 Å². The molecule has 1 saturated heterocycles. The van der Waals surface area contributed by atoms with E-state index in [1.807, 2.05) is 4.72 Å². The van der Waals surface area contributed by atoms with Crippen LogP contribution in [0.1, 0.15) is 13.3 Å². The van der Waals surface area contributed by atoms with Gasteiger partial charge in [-0.25, -0.2) is 4.72 Å². The van der Waals surface area contributed by atoms with Crippen LogP contribution in [0.3, 0.4) is 0 Å². The molecule has 0 aliphatic carbocycles. The van der Waals surface area contributed by atoms with Crippen molar-refractivity contribution in [3.63, 3.8) is 0 Å². The monoisotopic (exact) mass is 290 g/mol. The molecular weight excluding hydrogens is 277 g/mol. The fourth-order valence-corrected chi connectivity index (χ4v) is 3.05. The molecule has 1 aliphatic rings. The second kappa shape index (κ2) is 4.67. The molecule has 106 valence electrons. The van der Waals surface area contributed by atoms with Crippen molar-refractivity contribution in [3.8, 4) is 0 Å². The third kappa shape index (κ3) is 2.45. The molecule has 0 spiro atoms. The smallest absolute Gasteiger partial charge is 0.406 e. The van der Waals surface area contributed by atoms with Crippen LogP contribution in [0.25, 0.3) is 0 Å². The Morgan fingerprint density at radius 2 is 2.06 bits per heavy atom. The van der Waals surface area contributed by atoms with Gasteiger partial charge in [-0.2, -0.15) is 25.9 Å². The maximum Gasteiger partial charge on any atom is 0.406 e. The molecule has 1 atom stereocenters. The van der Waals surface area contributed by atoms with Gasteiger partial charge >= 0.3 is 12.1 Å². The zero-order valence-corrected chi connectivity index (χ0v) is 10.3. The van der Waals surface area contributed by atoms with E-state index in [2.05, 4.69) is 0 Å². The molecule has 1 aliphatic heterocycles. The van der Waals surface area contributed by atoms with E-state index in [0.717, 1.165) is 0 Å². The molecule has 0 bridgehead atoms. The zero-order valence-electron chi connectivity index (χ0n) is 9.49. The molecule has 0 aromatic carbocycles. The molecule has 0 saturated carbocycles.